The lowest BCUT2D eigenvalue weighted by molar-refractivity contribution is 0.488. The van der Waals surface area contributed by atoms with E-state index >= 15 is 0 Å². The van der Waals surface area contributed by atoms with E-state index in [-0.39, 0.29) is 0 Å². The summed E-state index contributed by atoms with van der Waals surface area (Å²) >= 11 is 1.64. The minimum atomic E-state index is -3.34. The van der Waals surface area contributed by atoms with Gasteiger partial charge in [0.2, 0.25) is 10.0 Å². The summed E-state index contributed by atoms with van der Waals surface area (Å²) in [5, 5.41) is 3.07. The van der Waals surface area contributed by atoms with Gasteiger partial charge in [-0.2, -0.15) is 11.8 Å². The van der Waals surface area contributed by atoms with Gasteiger partial charge in [-0.15, -0.1) is 0 Å². The second-order valence-corrected chi connectivity index (χ2v) is 7.35. The van der Waals surface area contributed by atoms with Crippen LogP contribution in [0.2, 0.25) is 0 Å². The number of hydrogen-bond donors (Lipinski definition) is 1. The summed E-state index contributed by atoms with van der Waals surface area (Å²) in [5.41, 5.74) is 1.14. The fourth-order valence-electron chi connectivity index (χ4n) is 1.62. The highest BCUT2D eigenvalue weighted by Gasteiger charge is 2.19. The van der Waals surface area contributed by atoms with Crippen LogP contribution < -0.4 is 5.32 Å². The zero-order valence-electron chi connectivity index (χ0n) is 11.7. The van der Waals surface area contributed by atoms with Gasteiger partial charge in [-0.25, -0.2) is 12.7 Å². The Morgan fingerprint density at radius 1 is 1.26 bits per heavy atom. The number of likely N-dealkylation sites (N-methyl/N-ethyl adjacent to an activating group) is 1. The molecular formula is C13H22N2O2S2. The Hall–Kier alpha value is -0.560. The topological polar surface area (TPSA) is 49.4 Å². The van der Waals surface area contributed by atoms with Crippen LogP contribution in [0.25, 0.3) is 0 Å². The maximum Gasteiger partial charge on any atom is 0.242 e. The van der Waals surface area contributed by atoms with Crippen molar-refractivity contribution < 1.29 is 8.42 Å². The standard InChI is InChI=1S/C13H22N2O2S2/c1-14-9-8-12-4-6-13(7-5-12)19(16,17)15(2)10-11-18-3/h4-7,14H,8-11H2,1-3H3. The molecule has 6 heteroatoms. The molecule has 0 unspecified atom stereocenters. The highest BCUT2D eigenvalue weighted by atomic mass is 32.2. The molecule has 0 aliphatic rings. The van der Waals surface area contributed by atoms with Gasteiger partial charge >= 0.3 is 0 Å². The Labute approximate surface area is 120 Å². The SMILES string of the molecule is CNCCc1ccc(S(=O)(=O)N(C)CCSC)cc1. The lowest BCUT2D eigenvalue weighted by Gasteiger charge is -2.16. The van der Waals surface area contributed by atoms with E-state index < -0.39 is 10.0 Å². The van der Waals surface area contributed by atoms with Crippen molar-refractivity contribution in [2.24, 2.45) is 0 Å². The molecule has 0 spiro atoms. The van der Waals surface area contributed by atoms with Gasteiger partial charge in [0.05, 0.1) is 4.90 Å². The first kappa shape index (κ1) is 16.5. The number of benzene rings is 1. The fourth-order valence-corrected chi connectivity index (χ4v) is 3.36. The van der Waals surface area contributed by atoms with Crippen LogP contribution in [0.1, 0.15) is 5.56 Å². The predicted molar refractivity (Wildman–Crippen MR) is 82.3 cm³/mol. The molecule has 0 bridgehead atoms. The second kappa shape index (κ2) is 7.89. The zero-order valence-corrected chi connectivity index (χ0v) is 13.4. The van der Waals surface area contributed by atoms with Gasteiger partial charge in [0.25, 0.3) is 0 Å². The molecule has 19 heavy (non-hydrogen) atoms. The first-order valence-corrected chi connectivity index (χ1v) is 9.04. The third-order valence-corrected chi connectivity index (χ3v) is 5.37. The van der Waals surface area contributed by atoms with Crippen LogP contribution in [0, 0.1) is 0 Å². The van der Waals surface area contributed by atoms with E-state index in [1.54, 1.807) is 30.9 Å². The van der Waals surface area contributed by atoms with Crippen LogP contribution in [0.4, 0.5) is 0 Å². The van der Waals surface area contributed by atoms with E-state index in [4.69, 9.17) is 0 Å². The van der Waals surface area contributed by atoms with Crippen LogP contribution in [0.15, 0.2) is 29.2 Å². The minimum absolute atomic E-state index is 0.365. The number of nitrogens with zero attached hydrogens (tertiary/aromatic N) is 1. The van der Waals surface area contributed by atoms with Crippen molar-refractivity contribution in [3.63, 3.8) is 0 Å². The molecule has 0 saturated heterocycles. The van der Waals surface area contributed by atoms with Crippen molar-refractivity contribution >= 4 is 21.8 Å². The maximum absolute atomic E-state index is 12.3. The average Bonchev–Trinajstić information content (AvgIpc) is 2.42. The first-order valence-electron chi connectivity index (χ1n) is 6.21. The van der Waals surface area contributed by atoms with Crippen LogP contribution >= 0.6 is 11.8 Å². The van der Waals surface area contributed by atoms with Gasteiger partial charge < -0.3 is 5.32 Å². The molecule has 1 aromatic carbocycles. The van der Waals surface area contributed by atoms with E-state index in [1.807, 2.05) is 25.4 Å². The van der Waals surface area contributed by atoms with E-state index in [1.165, 1.54) is 4.31 Å². The second-order valence-electron chi connectivity index (χ2n) is 4.32. The Kier molecular flexibility index (Phi) is 6.85. The van der Waals surface area contributed by atoms with E-state index in [0.717, 1.165) is 24.3 Å². The number of hydrogen-bond acceptors (Lipinski definition) is 4. The molecule has 0 aliphatic heterocycles. The summed E-state index contributed by atoms with van der Waals surface area (Å²) in [4.78, 5) is 0.365. The molecule has 0 atom stereocenters. The maximum atomic E-state index is 12.3. The average molecular weight is 302 g/mol. The van der Waals surface area contributed by atoms with Gasteiger partial charge in [-0.3, -0.25) is 0 Å². The molecule has 0 radical (unpaired) electrons. The number of thioether (sulfide) groups is 1. The highest BCUT2D eigenvalue weighted by molar-refractivity contribution is 7.98. The van der Waals surface area contributed by atoms with Gasteiger partial charge in [0.15, 0.2) is 0 Å². The van der Waals surface area contributed by atoms with Crippen molar-refractivity contribution in [1.29, 1.82) is 0 Å². The molecule has 0 aliphatic carbocycles. The van der Waals surface area contributed by atoms with Crippen LogP contribution in [-0.2, 0) is 16.4 Å². The summed E-state index contributed by atoms with van der Waals surface area (Å²) in [6.07, 6.45) is 2.87. The monoisotopic (exact) mass is 302 g/mol. The summed E-state index contributed by atoms with van der Waals surface area (Å²) in [7, 11) is 0.184. The number of rotatable bonds is 8. The molecule has 0 heterocycles. The van der Waals surface area contributed by atoms with Crippen molar-refractivity contribution in [2.75, 3.05) is 39.2 Å². The number of nitrogens with one attached hydrogen (secondary N) is 1. The Balaban J connectivity index is 2.78. The molecular weight excluding hydrogens is 280 g/mol. The summed E-state index contributed by atoms with van der Waals surface area (Å²) < 4.78 is 25.9. The molecule has 4 nitrogen and oxygen atoms in total. The summed E-state index contributed by atoms with van der Waals surface area (Å²) in [5.74, 6) is 0.802. The molecule has 0 amide bonds. The van der Waals surface area contributed by atoms with Crippen LogP contribution in [0.5, 0.6) is 0 Å². The van der Waals surface area contributed by atoms with Gasteiger partial charge in [-0.1, -0.05) is 12.1 Å². The van der Waals surface area contributed by atoms with Crippen molar-refractivity contribution in [3.05, 3.63) is 29.8 Å². The number of sulfonamides is 1. The Bertz CT molecular complexity index is 472. The van der Waals surface area contributed by atoms with E-state index in [9.17, 15) is 8.42 Å². The third-order valence-electron chi connectivity index (χ3n) is 2.91. The van der Waals surface area contributed by atoms with Crippen molar-refractivity contribution in [1.82, 2.24) is 9.62 Å². The molecule has 1 aromatic rings. The summed E-state index contributed by atoms with van der Waals surface area (Å²) in [6, 6.07) is 7.14. The summed E-state index contributed by atoms with van der Waals surface area (Å²) in [6.45, 7) is 1.42. The van der Waals surface area contributed by atoms with Crippen molar-refractivity contribution in [3.8, 4) is 0 Å². The highest BCUT2D eigenvalue weighted by Crippen LogP contribution is 2.15. The molecule has 0 saturated carbocycles. The van der Waals surface area contributed by atoms with Crippen LogP contribution in [0.3, 0.4) is 0 Å². The van der Waals surface area contributed by atoms with Gasteiger partial charge in [0.1, 0.15) is 0 Å². The lowest BCUT2D eigenvalue weighted by Crippen LogP contribution is -2.29. The molecule has 1 N–H and O–H groups in total. The third kappa shape index (κ3) is 4.80. The molecule has 0 aromatic heterocycles. The molecule has 108 valence electrons. The first-order chi connectivity index (χ1) is 9.02. The smallest absolute Gasteiger partial charge is 0.242 e. The Morgan fingerprint density at radius 3 is 2.42 bits per heavy atom. The van der Waals surface area contributed by atoms with Crippen LogP contribution in [-0.4, -0.2) is 51.9 Å². The quantitative estimate of drug-likeness (QED) is 0.789. The van der Waals surface area contributed by atoms with Crippen molar-refractivity contribution in [2.45, 2.75) is 11.3 Å². The molecule has 0 fully saturated rings. The van der Waals surface area contributed by atoms with E-state index in [2.05, 4.69) is 5.32 Å². The zero-order chi connectivity index (χ0) is 14.3. The lowest BCUT2D eigenvalue weighted by atomic mass is 10.1. The minimum Gasteiger partial charge on any atom is -0.319 e. The fraction of sp³-hybridized carbons (Fsp3) is 0.538. The molecule has 1 rings (SSSR count). The normalized spacial score (nSPS) is 12.0. The van der Waals surface area contributed by atoms with Gasteiger partial charge in [-0.05, 0) is 44.0 Å². The van der Waals surface area contributed by atoms with Gasteiger partial charge in [0, 0.05) is 19.3 Å². The van der Waals surface area contributed by atoms with E-state index in [0.29, 0.717) is 11.4 Å². The predicted octanol–water partition coefficient (Wildman–Crippen LogP) is 1.43. The Morgan fingerprint density at radius 2 is 1.89 bits per heavy atom. The largest absolute Gasteiger partial charge is 0.319 e.